The highest BCUT2D eigenvalue weighted by Gasteiger charge is 2.20. The summed E-state index contributed by atoms with van der Waals surface area (Å²) in [5, 5.41) is 9.98. The predicted octanol–water partition coefficient (Wildman–Crippen LogP) is 6.17. The van der Waals surface area contributed by atoms with Gasteiger partial charge >= 0.3 is 0 Å². The minimum atomic E-state index is -0.832. The second-order valence-electron chi connectivity index (χ2n) is 7.42. The van der Waals surface area contributed by atoms with Gasteiger partial charge in [0.25, 0.3) is 11.8 Å². The van der Waals surface area contributed by atoms with Crippen molar-refractivity contribution in [2.75, 3.05) is 10.6 Å². The number of H-pyrrole nitrogens is 1. The van der Waals surface area contributed by atoms with Crippen LogP contribution in [-0.4, -0.2) is 26.9 Å². The van der Waals surface area contributed by atoms with Crippen molar-refractivity contribution in [2.45, 2.75) is 0 Å². The number of amides is 2. The predicted molar refractivity (Wildman–Crippen MR) is 130 cm³/mol. The van der Waals surface area contributed by atoms with Crippen molar-refractivity contribution in [1.82, 2.24) is 15.1 Å². The van der Waals surface area contributed by atoms with Gasteiger partial charge in [-0.1, -0.05) is 46.6 Å². The molecular weight excluding hydrogens is 496 g/mol. The fourth-order valence-corrected chi connectivity index (χ4v) is 3.86. The normalized spacial score (nSPS) is 10.9. The van der Waals surface area contributed by atoms with E-state index >= 15 is 0 Å². The van der Waals surface area contributed by atoms with E-state index in [1.165, 1.54) is 12.3 Å². The minimum Gasteiger partial charge on any atom is -0.350 e. The Bertz CT molecular complexity index is 1600. The lowest BCUT2D eigenvalue weighted by Gasteiger charge is -2.10. The summed E-state index contributed by atoms with van der Waals surface area (Å²) in [6.45, 7) is 0. The number of carbonyl (C=O) groups excluding carboxylic acids is 2. The molecule has 8 nitrogen and oxygen atoms in total. The first kappa shape index (κ1) is 22.6. The number of halogens is 3. The number of nitrogens with zero attached hydrogens (tertiary/aromatic N) is 2. The Labute approximate surface area is 207 Å². The van der Waals surface area contributed by atoms with E-state index in [4.69, 9.17) is 27.7 Å². The number of anilines is 2. The minimum absolute atomic E-state index is 0.0492. The molecule has 0 unspecified atom stereocenters. The van der Waals surface area contributed by atoms with Crippen LogP contribution < -0.4 is 10.6 Å². The molecule has 35 heavy (non-hydrogen) atoms. The average molecular weight is 510 g/mol. The van der Waals surface area contributed by atoms with E-state index in [0.29, 0.717) is 27.6 Å². The maximum Gasteiger partial charge on any atom is 0.294 e. The molecule has 5 aromatic rings. The summed E-state index contributed by atoms with van der Waals surface area (Å²) in [5.74, 6) is -2.39. The zero-order valence-corrected chi connectivity index (χ0v) is 19.1. The van der Waals surface area contributed by atoms with E-state index < -0.39 is 17.6 Å². The molecule has 3 N–H and O–H groups in total. The molecule has 0 aliphatic rings. The van der Waals surface area contributed by atoms with E-state index in [9.17, 15) is 14.0 Å². The zero-order chi connectivity index (χ0) is 24.5. The van der Waals surface area contributed by atoms with Crippen molar-refractivity contribution in [1.29, 1.82) is 0 Å². The van der Waals surface area contributed by atoms with Gasteiger partial charge in [-0.3, -0.25) is 9.59 Å². The Morgan fingerprint density at radius 1 is 0.971 bits per heavy atom. The smallest absolute Gasteiger partial charge is 0.294 e. The van der Waals surface area contributed by atoms with Gasteiger partial charge in [0.2, 0.25) is 5.76 Å². The molecule has 0 bridgehead atoms. The Morgan fingerprint density at radius 3 is 2.63 bits per heavy atom. The zero-order valence-electron chi connectivity index (χ0n) is 17.6. The largest absolute Gasteiger partial charge is 0.350 e. The number of rotatable bonds is 5. The summed E-state index contributed by atoms with van der Waals surface area (Å²) in [6, 6.07) is 13.9. The van der Waals surface area contributed by atoms with Crippen molar-refractivity contribution in [2.24, 2.45) is 0 Å². The Morgan fingerprint density at radius 2 is 1.80 bits per heavy atom. The quantitative estimate of drug-likeness (QED) is 0.262. The third-order valence-corrected chi connectivity index (χ3v) is 5.73. The summed E-state index contributed by atoms with van der Waals surface area (Å²) < 4.78 is 19.6. The number of nitrogens with one attached hydrogen (secondary N) is 3. The molecule has 5 rings (SSSR count). The van der Waals surface area contributed by atoms with Crippen molar-refractivity contribution in [3.8, 4) is 11.3 Å². The van der Waals surface area contributed by atoms with Crippen LogP contribution in [0, 0.1) is 5.82 Å². The van der Waals surface area contributed by atoms with Crippen molar-refractivity contribution >= 4 is 57.4 Å². The van der Waals surface area contributed by atoms with E-state index in [-0.39, 0.29) is 22.0 Å². The molecule has 0 saturated heterocycles. The summed E-state index contributed by atoms with van der Waals surface area (Å²) in [4.78, 5) is 32.6. The average Bonchev–Trinajstić information content (AvgIpc) is 3.50. The topological polar surface area (TPSA) is 113 Å². The van der Waals surface area contributed by atoms with Gasteiger partial charge in [0.1, 0.15) is 17.2 Å². The van der Waals surface area contributed by atoms with Crippen LogP contribution in [0.3, 0.4) is 0 Å². The van der Waals surface area contributed by atoms with Gasteiger partial charge in [0.05, 0.1) is 33.2 Å². The van der Waals surface area contributed by atoms with Crippen LogP contribution in [0.1, 0.15) is 20.9 Å². The number of fused-ring (bicyclic) bond motifs is 1. The monoisotopic (exact) mass is 509 g/mol. The molecule has 3 heterocycles. The maximum atomic E-state index is 14.6. The van der Waals surface area contributed by atoms with E-state index in [0.717, 1.165) is 17.5 Å². The van der Waals surface area contributed by atoms with Crippen LogP contribution in [0.15, 0.2) is 71.5 Å². The lowest BCUT2D eigenvalue weighted by Crippen LogP contribution is -2.16. The highest BCUT2D eigenvalue weighted by Crippen LogP contribution is 2.29. The fourth-order valence-electron chi connectivity index (χ4n) is 3.39. The lowest BCUT2D eigenvalue weighted by molar-refractivity contribution is 0.0985. The molecule has 0 radical (unpaired) electrons. The summed E-state index contributed by atoms with van der Waals surface area (Å²) in [6.07, 6.45) is 3.19. The van der Waals surface area contributed by atoms with Gasteiger partial charge in [-0.2, -0.15) is 0 Å². The van der Waals surface area contributed by atoms with Crippen molar-refractivity contribution < 1.29 is 18.5 Å². The highest BCUT2D eigenvalue weighted by molar-refractivity contribution is 6.34. The molecule has 2 amide bonds. The van der Waals surface area contributed by atoms with Crippen LogP contribution in [0.2, 0.25) is 10.0 Å². The summed E-state index contributed by atoms with van der Waals surface area (Å²) in [5.41, 5.74) is 1.68. The maximum absolute atomic E-state index is 14.6. The van der Waals surface area contributed by atoms with Gasteiger partial charge in [0.15, 0.2) is 0 Å². The number of aromatic amines is 1. The van der Waals surface area contributed by atoms with Gasteiger partial charge < -0.3 is 20.1 Å². The number of benzene rings is 2. The van der Waals surface area contributed by atoms with Gasteiger partial charge in [-0.25, -0.2) is 9.37 Å². The van der Waals surface area contributed by atoms with Crippen LogP contribution in [-0.2, 0) is 0 Å². The molecule has 174 valence electrons. The third-order valence-electron chi connectivity index (χ3n) is 5.09. The Kier molecular flexibility index (Phi) is 5.94. The molecule has 0 aliphatic carbocycles. The van der Waals surface area contributed by atoms with E-state index in [1.54, 1.807) is 42.6 Å². The molecule has 3 aromatic heterocycles. The number of hydrogen-bond acceptors (Lipinski definition) is 5. The first-order valence-electron chi connectivity index (χ1n) is 10.2. The van der Waals surface area contributed by atoms with E-state index in [1.807, 2.05) is 0 Å². The van der Waals surface area contributed by atoms with Crippen LogP contribution in [0.5, 0.6) is 0 Å². The number of carbonyl (C=O) groups is 2. The molecule has 0 spiro atoms. The molecule has 0 saturated carbocycles. The SMILES string of the molecule is O=C(Nc1cc(C(=O)Nc2cnc3[nH]ccc3c2)c(Cl)cc1F)c1cc(-c2ccccc2Cl)no1. The van der Waals surface area contributed by atoms with Crippen LogP contribution in [0.4, 0.5) is 15.8 Å². The molecule has 0 atom stereocenters. The van der Waals surface area contributed by atoms with Crippen molar-refractivity contribution in [3.63, 3.8) is 0 Å². The van der Waals surface area contributed by atoms with Gasteiger partial charge in [0, 0.05) is 23.2 Å². The molecular formula is C24H14Cl2FN5O3. The number of hydrogen-bond donors (Lipinski definition) is 3. The van der Waals surface area contributed by atoms with Crippen LogP contribution >= 0.6 is 23.2 Å². The summed E-state index contributed by atoms with van der Waals surface area (Å²) >= 11 is 12.3. The molecule has 0 aliphatic heterocycles. The van der Waals surface area contributed by atoms with Crippen molar-refractivity contribution in [3.05, 3.63) is 94.2 Å². The fraction of sp³-hybridized carbons (Fsp3) is 0. The van der Waals surface area contributed by atoms with Gasteiger partial charge in [-0.15, -0.1) is 0 Å². The summed E-state index contributed by atoms with van der Waals surface area (Å²) in [7, 11) is 0. The molecule has 2 aromatic carbocycles. The number of aromatic nitrogens is 3. The third kappa shape index (κ3) is 4.59. The molecule has 0 fully saturated rings. The second-order valence-corrected chi connectivity index (χ2v) is 8.23. The number of pyridine rings is 1. The standard InChI is InChI=1S/C24H14Cl2FN5O3/c25-16-4-2-1-3-14(16)19-10-21(35-32-19)24(34)31-20-8-15(17(26)9-18(20)27)23(33)30-13-7-12-5-6-28-22(12)29-11-13/h1-11H,(H,28,29)(H,30,33)(H,31,34). The Balaban J connectivity index is 1.36. The highest BCUT2D eigenvalue weighted by atomic mass is 35.5. The first-order chi connectivity index (χ1) is 16.9. The lowest BCUT2D eigenvalue weighted by atomic mass is 10.1. The Hall–Kier alpha value is -4.21. The molecule has 11 heteroatoms. The van der Waals surface area contributed by atoms with Gasteiger partial charge in [-0.05, 0) is 30.3 Å². The second kappa shape index (κ2) is 9.21. The first-order valence-corrected chi connectivity index (χ1v) is 10.9. The van der Waals surface area contributed by atoms with E-state index in [2.05, 4.69) is 25.8 Å². The van der Waals surface area contributed by atoms with Crippen LogP contribution in [0.25, 0.3) is 22.3 Å².